The van der Waals surface area contributed by atoms with Gasteiger partial charge in [-0.05, 0) is 0 Å². The highest BCUT2D eigenvalue weighted by Gasteiger charge is 2.29. The molecule has 0 radical (unpaired) electrons. The van der Waals surface area contributed by atoms with Crippen molar-refractivity contribution in [2.24, 2.45) is 0 Å². The first-order valence-corrected chi connectivity index (χ1v) is 6.71. The molecule has 0 aromatic carbocycles. The third-order valence-corrected chi connectivity index (χ3v) is 3.53. The van der Waals surface area contributed by atoms with Crippen molar-refractivity contribution in [1.82, 2.24) is 9.88 Å². The highest BCUT2D eigenvalue weighted by atomic mass is 32.1. The van der Waals surface area contributed by atoms with Crippen molar-refractivity contribution in [1.29, 1.82) is 0 Å². The van der Waals surface area contributed by atoms with Crippen LogP contribution < -0.4 is 5.32 Å². The summed E-state index contributed by atoms with van der Waals surface area (Å²) in [6, 6.07) is -0.639. The molecule has 0 bridgehead atoms. The summed E-state index contributed by atoms with van der Waals surface area (Å²) in [5.41, 5.74) is 0.752. The molecule has 104 valence electrons. The molecule has 0 saturated carbocycles. The maximum atomic E-state index is 11.1. The van der Waals surface area contributed by atoms with Crippen molar-refractivity contribution in [3.63, 3.8) is 0 Å². The molecule has 1 aliphatic rings. The van der Waals surface area contributed by atoms with Crippen LogP contribution in [-0.4, -0.2) is 52.7 Å². The molecule has 7 nitrogen and oxygen atoms in total. The van der Waals surface area contributed by atoms with E-state index in [1.54, 1.807) is 0 Å². The minimum Gasteiger partial charge on any atom is -0.480 e. The van der Waals surface area contributed by atoms with Crippen LogP contribution in [0.15, 0.2) is 5.38 Å². The van der Waals surface area contributed by atoms with Crippen molar-refractivity contribution in [3.05, 3.63) is 11.1 Å². The van der Waals surface area contributed by atoms with Crippen LogP contribution in [0, 0.1) is 0 Å². The number of amides is 1. The molecule has 2 N–H and O–H groups in total. The fraction of sp³-hybridized carbons (Fsp3) is 0.545. The van der Waals surface area contributed by atoms with Gasteiger partial charge in [-0.15, -0.1) is 11.3 Å². The molecule has 1 unspecified atom stereocenters. The topological polar surface area (TPSA) is 91.8 Å². The minimum absolute atomic E-state index is 0.171. The Kier molecular flexibility index (Phi) is 4.46. The van der Waals surface area contributed by atoms with Crippen LogP contribution in [0.4, 0.5) is 5.13 Å². The second kappa shape index (κ2) is 6.09. The number of thiazole rings is 1. The normalized spacial score (nSPS) is 20.2. The highest BCUT2D eigenvalue weighted by Crippen LogP contribution is 2.18. The predicted molar refractivity (Wildman–Crippen MR) is 69.1 cm³/mol. The lowest BCUT2D eigenvalue weighted by atomic mass is 10.2. The fourth-order valence-corrected chi connectivity index (χ4v) is 2.60. The standard InChI is InChI=1S/C11H15N3O4S/c1-7(15)12-11-13-8(6-19-11)4-14-2-3-18-5-9(14)10(16)17/h6,9H,2-5H2,1H3,(H,16,17)(H,12,13,15). The van der Waals surface area contributed by atoms with E-state index < -0.39 is 12.0 Å². The zero-order valence-electron chi connectivity index (χ0n) is 10.5. The largest absolute Gasteiger partial charge is 0.480 e. The van der Waals surface area contributed by atoms with Gasteiger partial charge in [0.2, 0.25) is 5.91 Å². The number of aliphatic carboxylic acids is 1. The number of morpholine rings is 1. The number of anilines is 1. The van der Waals surface area contributed by atoms with Crippen LogP contribution in [-0.2, 0) is 20.9 Å². The quantitative estimate of drug-likeness (QED) is 0.831. The number of ether oxygens (including phenoxy) is 1. The molecule has 1 amide bonds. The average Bonchev–Trinajstić information content (AvgIpc) is 2.76. The lowest BCUT2D eigenvalue weighted by molar-refractivity contribution is -0.150. The Labute approximate surface area is 114 Å². The summed E-state index contributed by atoms with van der Waals surface area (Å²) in [5, 5.41) is 14.1. The Hall–Kier alpha value is -1.51. The second-order valence-corrected chi connectivity index (χ2v) is 5.08. The number of hydrogen-bond donors (Lipinski definition) is 2. The van der Waals surface area contributed by atoms with Gasteiger partial charge in [0.05, 0.1) is 18.9 Å². The summed E-state index contributed by atoms with van der Waals surface area (Å²) in [6.45, 7) is 3.13. The summed E-state index contributed by atoms with van der Waals surface area (Å²) >= 11 is 1.33. The van der Waals surface area contributed by atoms with Gasteiger partial charge in [-0.25, -0.2) is 4.98 Å². The van der Waals surface area contributed by atoms with Crippen molar-refractivity contribution in [3.8, 4) is 0 Å². The molecule has 1 saturated heterocycles. The summed E-state index contributed by atoms with van der Waals surface area (Å²) < 4.78 is 5.17. The van der Waals surface area contributed by atoms with Crippen LogP contribution in [0.25, 0.3) is 0 Å². The summed E-state index contributed by atoms with van der Waals surface area (Å²) in [7, 11) is 0. The Balaban J connectivity index is 2.00. The van der Waals surface area contributed by atoms with E-state index in [2.05, 4.69) is 10.3 Å². The first-order chi connectivity index (χ1) is 9.06. The van der Waals surface area contributed by atoms with Crippen LogP contribution >= 0.6 is 11.3 Å². The van der Waals surface area contributed by atoms with Gasteiger partial charge in [-0.3, -0.25) is 14.5 Å². The van der Waals surface area contributed by atoms with Gasteiger partial charge in [-0.2, -0.15) is 0 Å². The maximum absolute atomic E-state index is 11.1. The number of nitrogens with zero attached hydrogens (tertiary/aromatic N) is 2. The number of carbonyl (C=O) groups is 2. The van der Waals surface area contributed by atoms with Crippen LogP contribution in [0.1, 0.15) is 12.6 Å². The number of rotatable bonds is 4. The molecule has 2 heterocycles. The van der Waals surface area contributed by atoms with Crippen molar-refractivity contribution < 1.29 is 19.4 Å². The fourth-order valence-electron chi connectivity index (χ4n) is 1.85. The lowest BCUT2D eigenvalue weighted by Crippen LogP contribution is -2.49. The molecule has 2 rings (SSSR count). The van der Waals surface area contributed by atoms with E-state index in [0.717, 1.165) is 5.69 Å². The van der Waals surface area contributed by atoms with Gasteiger partial charge in [0, 0.05) is 25.4 Å². The van der Waals surface area contributed by atoms with Gasteiger partial charge >= 0.3 is 5.97 Å². The third kappa shape index (κ3) is 3.72. The molecule has 1 atom stereocenters. The first kappa shape index (κ1) is 13.9. The SMILES string of the molecule is CC(=O)Nc1nc(CN2CCOCC2C(=O)O)cs1. The smallest absolute Gasteiger partial charge is 0.323 e. The number of nitrogens with one attached hydrogen (secondary N) is 1. The van der Waals surface area contributed by atoms with Crippen molar-refractivity contribution in [2.75, 3.05) is 25.1 Å². The number of hydrogen-bond acceptors (Lipinski definition) is 6. The third-order valence-electron chi connectivity index (χ3n) is 2.72. The molecule has 1 fully saturated rings. The van der Waals surface area contributed by atoms with E-state index >= 15 is 0 Å². The van der Waals surface area contributed by atoms with E-state index in [4.69, 9.17) is 9.84 Å². The molecule has 0 spiro atoms. The number of carbonyl (C=O) groups excluding carboxylic acids is 1. The predicted octanol–water partition coefficient (Wildman–Crippen LogP) is 0.387. The number of carboxylic acids is 1. The zero-order valence-corrected chi connectivity index (χ0v) is 11.3. The van der Waals surface area contributed by atoms with E-state index in [9.17, 15) is 9.59 Å². The van der Waals surface area contributed by atoms with Crippen molar-refractivity contribution >= 4 is 28.3 Å². The van der Waals surface area contributed by atoms with Crippen LogP contribution in [0.5, 0.6) is 0 Å². The molecule has 1 aliphatic heterocycles. The van der Waals surface area contributed by atoms with Crippen molar-refractivity contribution in [2.45, 2.75) is 19.5 Å². The summed E-state index contributed by atoms with van der Waals surface area (Å²) in [5.74, 6) is -1.06. The summed E-state index contributed by atoms with van der Waals surface area (Å²) in [4.78, 5) is 28.1. The van der Waals surface area contributed by atoms with Gasteiger partial charge in [0.15, 0.2) is 5.13 Å². The van der Waals surface area contributed by atoms with E-state index in [-0.39, 0.29) is 12.5 Å². The number of carboxylic acid groups (broad SMARTS) is 1. The van der Waals surface area contributed by atoms with E-state index in [0.29, 0.717) is 24.8 Å². The molecule has 1 aromatic heterocycles. The minimum atomic E-state index is -0.892. The molecule has 1 aromatic rings. The second-order valence-electron chi connectivity index (χ2n) is 4.22. The highest BCUT2D eigenvalue weighted by molar-refractivity contribution is 7.13. The van der Waals surface area contributed by atoms with E-state index in [1.807, 2.05) is 10.3 Å². The van der Waals surface area contributed by atoms with Crippen LogP contribution in [0.3, 0.4) is 0 Å². The Morgan fingerprint density at radius 3 is 3.16 bits per heavy atom. The number of aromatic nitrogens is 1. The van der Waals surface area contributed by atoms with Gasteiger partial charge in [-0.1, -0.05) is 0 Å². The lowest BCUT2D eigenvalue weighted by Gasteiger charge is -2.32. The molecule has 8 heteroatoms. The monoisotopic (exact) mass is 285 g/mol. The maximum Gasteiger partial charge on any atom is 0.323 e. The summed E-state index contributed by atoms with van der Waals surface area (Å²) in [6.07, 6.45) is 0. The Morgan fingerprint density at radius 1 is 1.68 bits per heavy atom. The Morgan fingerprint density at radius 2 is 2.47 bits per heavy atom. The Bertz CT molecular complexity index is 476. The average molecular weight is 285 g/mol. The van der Waals surface area contributed by atoms with Gasteiger partial charge in [0.1, 0.15) is 6.04 Å². The molecule has 19 heavy (non-hydrogen) atoms. The van der Waals surface area contributed by atoms with Gasteiger partial charge < -0.3 is 15.2 Å². The van der Waals surface area contributed by atoms with Crippen LogP contribution in [0.2, 0.25) is 0 Å². The zero-order chi connectivity index (χ0) is 13.8. The van der Waals surface area contributed by atoms with Gasteiger partial charge in [0.25, 0.3) is 0 Å². The molecule has 0 aliphatic carbocycles. The molecular weight excluding hydrogens is 270 g/mol. The molecular formula is C11H15N3O4S. The first-order valence-electron chi connectivity index (χ1n) is 5.83. The van der Waals surface area contributed by atoms with E-state index in [1.165, 1.54) is 18.3 Å².